The van der Waals surface area contributed by atoms with Crippen LogP contribution in [0.3, 0.4) is 0 Å². The summed E-state index contributed by atoms with van der Waals surface area (Å²) in [6, 6.07) is 2.99. The smallest absolute Gasteiger partial charge is 0.354 e. The van der Waals surface area contributed by atoms with E-state index in [-0.39, 0.29) is 17.6 Å². The first-order chi connectivity index (χ1) is 9.58. The standard InChI is InChI=1S/C15H22N2O3/c1-3-5-7-12(6-4-2)17-14(18)11-8-9-16-13(10-11)15(19)20/h8-10,12H,3-7H2,1-2H3,(H,17,18)(H,19,20). The van der Waals surface area contributed by atoms with Gasteiger partial charge in [0.05, 0.1) is 0 Å². The Kier molecular flexibility index (Phi) is 6.70. The van der Waals surface area contributed by atoms with Gasteiger partial charge in [-0.1, -0.05) is 33.1 Å². The Balaban J connectivity index is 2.72. The van der Waals surface area contributed by atoms with E-state index in [0.29, 0.717) is 5.56 Å². The molecule has 0 aliphatic rings. The van der Waals surface area contributed by atoms with Gasteiger partial charge in [0, 0.05) is 17.8 Å². The molecule has 0 saturated carbocycles. The third-order valence-corrected chi connectivity index (χ3v) is 3.12. The zero-order chi connectivity index (χ0) is 15.0. The van der Waals surface area contributed by atoms with Gasteiger partial charge in [0.15, 0.2) is 0 Å². The number of amides is 1. The van der Waals surface area contributed by atoms with Crippen molar-refractivity contribution in [3.8, 4) is 0 Å². The van der Waals surface area contributed by atoms with Crippen molar-refractivity contribution < 1.29 is 14.7 Å². The Morgan fingerprint density at radius 3 is 2.65 bits per heavy atom. The summed E-state index contributed by atoms with van der Waals surface area (Å²) in [7, 11) is 0. The molecular formula is C15H22N2O3. The number of pyridine rings is 1. The van der Waals surface area contributed by atoms with Crippen LogP contribution < -0.4 is 5.32 Å². The number of carbonyl (C=O) groups excluding carboxylic acids is 1. The first kappa shape index (κ1) is 16.1. The number of carboxylic acids is 1. The van der Waals surface area contributed by atoms with Gasteiger partial charge in [-0.25, -0.2) is 9.78 Å². The third-order valence-electron chi connectivity index (χ3n) is 3.12. The molecule has 1 heterocycles. The van der Waals surface area contributed by atoms with Crippen LogP contribution in [0, 0.1) is 0 Å². The number of aromatic nitrogens is 1. The summed E-state index contributed by atoms with van der Waals surface area (Å²) in [5.74, 6) is -1.36. The highest BCUT2D eigenvalue weighted by Gasteiger charge is 2.14. The van der Waals surface area contributed by atoms with E-state index in [0.717, 1.165) is 32.1 Å². The lowest BCUT2D eigenvalue weighted by atomic mass is 10.0. The molecule has 0 aromatic carbocycles. The molecule has 1 aromatic rings. The van der Waals surface area contributed by atoms with Crippen LogP contribution >= 0.6 is 0 Å². The van der Waals surface area contributed by atoms with Crippen LogP contribution in [0.2, 0.25) is 0 Å². The molecular weight excluding hydrogens is 256 g/mol. The van der Waals surface area contributed by atoms with Crippen molar-refractivity contribution in [2.24, 2.45) is 0 Å². The fourth-order valence-corrected chi connectivity index (χ4v) is 2.05. The molecule has 1 rings (SSSR count). The summed E-state index contributed by atoms with van der Waals surface area (Å²) in [4.78, 5) is 26.7. The predicted octanol–water partition coefficient (Wildman–Crippen LogP) is 2.87. The van der Waals surface area contributed by atoms with Gasteiger partial charge >= 0.3 is 5.97 Å². The van der Waals surface area contributed by atoms with Crippen LogP contribution in [0.4, 0.5) is 0 Å². The normalized spacial score (nSPS) is 11.9. The van der Waals surface area contributed by atoms with Gasteiger partial charge in [-0.2, -0.15) is 0 Å². The molecule has 1 amide bonds. The number of rotatable bonds is 8. The highest BCUT2D eigenvalue weighted by atomic mass is 16.4. The minimum absolute atomic E-state index is 0.113. The Hall–Kier alpha value is -1.91. The molecule has 1 aromatic heterocycles. The summed E-state index contributed by atoms with van der Waals surface area (Å²) < 4.78 is 0. The molecule has 0 fully saturated rings. The third kappa shape index (κ3) is 4.99. The number of nitrogens with zero attached hydrogens (tertiary/aromatic N) is 1. The second-order valence-corrected chi connectivity index (χ2v) is 4.84. The van der Waals surface area contributed by atoms with Crippen LogP contribution in [0.1, 0.15) is 66.8 Å². The van der Waals surface area contributed by atoms with E-state index in [9.17, 15) is 9.59 Å². The first-order valence-electron chi connectivity index (χ1n) is 7.08. The maximum Gasteiger partial charge on any atom is 0.354 e. The lowest BCUT2D eigenvalue weighted by Crippen LogP contribution is -2.34. The fraction of sp³-hybridized carbons (Fsp3) is 0.533. The number of aromatic carboxylic acids is 1. The highest BCUT2D eigenvalue weighted by Crippen LogP contribution is 2.09. The molecule has 0 aliphatic carbocycles. The Morgan fingerprint density at radius 2 is 2.05 bits per heavy atom. The highest BCUT2D eigenvalue weighted by molar-refractivity contribution is 5.96. The van der Waals surface area contributed by atoms with E-state index in [1.807, 2.05) is 0 Å². The van der Waals surface area contributed by atoms with E-state index >= 15 is 0 Å². The van der Waals surface area contributed by atoms with Gasteiger partial charge in [-0.15, -0.1) is 0 Å². The topological polar surface area (TPSA) is 79.3 Å². The molecule has 0 radical (unpaired) electrons. The molecule has 0 aliphatic heterocycles. The van der Waals surface area contributed by atoms with E-state index in [1.165, 1.54) is 18.3 Å². The van der Waals surface area contributed by atoms with Gasteiger partial charge in [-0.3, -0.25) is 4.79 Å². The van der Waals surface area contributed by atoms with E-state index in [1.54, 1.807) is 0 Å². The van der Waals surface area contributed by atoms with Crippen LogP contribution in [0.5, 0.6) is 0 Å². The molecule has 1 unspecified atom stereocenters. The van der Waals surface area contributed by atoms with Crippen molar-refractivity contribution in [3.05, 3.63) is 29.6 Å². The zero-order valence-corrected chi connectivity index (χ0v) is 12.1. The van der Waals surface area contributed by atoms with Crippen molar-refractivity contribution in [1.29, 1.82) is 0 Å². The number of carbonyl (C=O) groups is 2. The van der Waals surface area contributed by atoms with Crippen LogP contribution in [-0.4, -0.2) is 28.0 Å². The molecule has 110 valence electrons. The average Bonchev–Trinajstić information content (AvgIpc) is 2.45. The quantitative estimate of drug-likeness (QED) is 0.766. The number of carboxylic acid groups (broad SMARTS) is 1. The predicted molar refractivity (Wildman–Crippen MR) is 76.9 cm³/mol. The van der Waals surface area contributed by atoms with Gasteiger partial charge in [0.2, 0.25) is 0 Å². The largest absolute Gasteiger partial charge is 0.477 e. The molecule has 20 heavy (non-hydrogen) atoms. The van der Waals surface area contributed by atoms with Crippen LogP contribution in [-0.2, 0) is 0 Å². The van der Waals surface area contributed by atoms with E-state index in [4.69, 9.17) is 5.11 Å². The monoisotopic (exact) mass is 278 g/mol. The number of hydrogen-bond acceptors (Lipinski definition) is 3. The lowest BCUT2D eigenvalue weighted by molar-refractivity contribution is 0.0690. The zero-order valence-electron chi connectivity index (χ0n) is 12.1. The molecule has 0 bridgehead atoms. The second kappa shape index (κ2) is 8.30. The van der Waals surface area contributed by atoms with E-state index in [2.05, 4.69) is 24.1 Å². The number of nitrogens with one attached hydrogen (secondary N) is 1. The average molecular weight is 278 g/mol. The summed E-state index contributed by atoms with van der Waals surface area (Å²) in [6.45, 7) is 4.20. The Bertz CT molecular complexity index is 460. The molecule has 5 nitrogen and oxygen atoms in total. The lowest BCUT2D eigenvalue weighted by Gasteiger charge is -2.17. The molecule has 0 saturated heterocycles. The van der Waals surface area contributed by atoms with Crippen molar-refractivity contribution >= 4 is 11.9 Å². The van der Waals surface area contributed by atoms with Crippen molar-refractivity contribution in [1.82, 2.24) is 10.3 Å². The van der Waals surface area contributed by atoms with Crippen molar-refractivity contribution in [2.75, 3.05) is 0 Å². The summed E-state index contributed by atoms with van der Waals surface area (Å²) in [5.41, 5.74) is 0.230. The summed E-state index contributed by atoms with van der Waals surface area (Å²) in [5, 5.41) is 11.9. The SMILES string of the molecule is CCCCC(CCC)NC(=O)c1ccnc(C(=O)O)c1. The second-order valence-electron chi connectivity index (χ2n) is 4.84. The number of unbranched alkanes of at least 4 members (excludes halogenated alkanes) is 1. The maximum absolute atomic E-state index is 12.1. The van der Waals surface area contributed by atoms with Gasteiger partial charge in [-0.05, 0) is 25.0 Å². The maximum atomic E-state index is 12.1. The molecule has 1 atom stereocenters. The number of hydrogen-bond donors (Lipinski definition) is 2. The molecule has 0 spiro atoms. The Labute approximate surface area is 119 Å². The van der Waals surface area contributed by atoms with Gasteiger partial charge in [0.1, 0.15) is 5.69 Å². The van der Waals surface area contributed by atoms with E-state index < -0.39 is 5.97 Å². The van der Waals surface area contributed by atoms with Crippen LogP contribution in [0.15, 0.2) is 18.3 Å². The minimum Gasteiger partial charge on any atom is -0.477 e. The Morgan fingerprint density at radius 1 is 1.30 bits per heavy atom. The van der Waals surface area contributed by atoms with Gasteiger partial charge < -0.3 is 10.4 Å². The first-order valence-corrected chi connectivity index (χ1v) is 7.08. The fourth-order valence-electron chi connectivity index (χ4n) is 2.05. The van der Waals surface area contributed by atoms with Crippen molar-refractivity contribution in [2.45, 2.75) is 52.0 Å². The molecule has 5 heteroatoms. The summed E-state index contributed by atoms with van der Waals surface area (Å²) >= 11 is 0. The molecule has 2 N–H and O–H groups in total. The summed E-state index contributed by atoms with van der Waals surface area (Å²) in [6.07, 6.45) is 6.40. The minimum atomic E-state index is -1.13. The van der Waals surface area contributed by atoms with Gasteiger partial charge in [0.25, 0.3) is 5.91 Å². The van der Waals surface area contributed by atoms with Crippen molar-refractivity contribution in [3.63, 3.8) is 0 Å². The van der Waals surface area contributed by atoms with Crippen LogP contribution in [0.25, 0.3) is 0 Å².